The molecular formula is C15H20F3NO5S2. The van der Waals surface area contributed by atoms with Gasteiger partial charge >= 0.3 is 6.18 Å². The summed E-state index contributed by atoms with van der Waals surface area (Å²) in [5.74, 6) is 0.639. The van der Waals surface area contributed by atoms with Crippen LogP contribution >= 0.6 is 11.8 Å². The fourth-order valence-electron chi connectivity index (χ4n) is 2.59. The van der Waals surface area contributed by atoms with E-state index < -0.39 is 33.7 Å². The zero-order valence-electron chi connectivity index (χ0n) is 14.5. The van der Waals surface area contributed by atoms with Gasteiger partial charge in [0.1, 0.15) is 5.75 Å². The Kier molecular flexibility index (Phi) is 6.56. The summed E-state index contributed by atoms with van der Waals surface area (Å²) >= 11 is 1.32. The van der Waals surface area contributed by atoms with Crippen molar-refractivity contribution in [3.05, 3.63) is 17.7 Å². The van der Waals surface area contributed by atoms with Gasteiger partial charge in [-0.05, 0) is 6.07 Å². The Morgan fingerprint density at radius 2 is 1.69 bits per heavy atom. The SMILES string of the molecule is COc1cc(OC)c(C2SCCN2S(=O)(=O)CCC(F)(F)F)cc1OC. The molecule has 1 aliphatic rings. The van der Waals surface area contributed by atoms with E-state index in [9.17, 15) is 21.6 Å². The first-order valence-corrected chi connectivity index (χ1v) is 10.3. The monoisotopic (exact) mass is 415 g/mol. The lowest BCUT2D eigenvalue weighted by Gasteiger charge is -2.26. The predicted molar refractivity (Wildman–Crippen MR) is 92.5 cm³/mol. The van der Waals surface area contributed by atoms with Gasteiger partial charge in [-0.15, -0.1) is 11.8 Å². The van der Waals surface area contributed by atoms with Crippen molar-refractivity contribution in [1.29, 1.82) is 0 Å². The Morgan fingerprint density at radius 1 is 1.12 bits per heavy atom. The van der Waals surface area contributed by atoms with Crippen LogP contribution in [-0.2, 0) is 10.0 Å². The minimum Gasteiger partial charge on any atom is -0.496 e. The molecule has 1 unspecified atom stereocenters. The standard InChI is InChI=1S/C15H20F3NO5S2/c1-22-11-9-13(24-3)12(23-2)8-10(11)14-19(5-6-25-14)26(20,21)7-4-15(16,17)18/h8-9,14H,4-7H2,1-3H3. The molecular weight excluding hydrogens is 395 g/mol. The number of nitrogens with zero attached hydrogens (tertiary/aromatic N) is 1. The highest BCUT2D eigenvalue weighted by Crippen LogP contribution is 2.47. The van der Waals surface area contributed by atoms with E-state index in [-0.39, 0.29) is 6.54 Å². The van der Waals surface area contributed by atoms with Gasteiger partial charge in [-0.25, -0.2) is 8.42 Å². The molecule has 26 heavy (non-hydrogen) atoms. The summed E-state index contributed by atoms with van der Waals surface area (Å²) in [6.45, 7) is 0.132. The third-order valence-corrected chi connectivity index (χ3v) is 7.06. The van der Waals surface area contributed by atoms with Crippen molar-refractivity contribution in [2.45, 2.75) is 18.0 Å². The fourth-order valence-corrected chi connectivity index (χ4v) is 5.94. The number of ether oxygens (including phenoxy) is 3. The van der Waals surface area contributed by atoms with Crippen LogP contribution in [0.1, 0.15) is 17.4 Å². The molecule has 0 aromatic heterocycles. The van der Waals surface area contributed by atoms with Crippen LogP contribution in [0.3, 0.4) is 0 Å². The lowest BCUT2D eigenvalue weighted by molar-refractivity contribution is -0.130. The van der Waals surface area contributed by atoms with E-state index in [1.807, 2.05) is 0 Å². The first kappa shape index (κ1) is 21.0. The number of alkyl halides is 3. The topological polar surface area (TPSA) is 65.1 Å². The number of thioether (sulfide) groups is 1. The Labute approximate surface area is 154 Å². The Balaban J connectivity index is 2.38. The Hall–Kier alpha value is -1.33. The minimum absolute atomic E-state index is 0.132. The molecule has 0 radical (unpaired) electrons. The second kappa shape index (κ2) is 8.13. The summed E-state index contributed by atoms with van der Waals surface area (Å²) < 4.78 is 79.1. The van der Waals surface area contributed by atoms with Crippen molar-refractivity contribution in [2.75, 3.05) is 39.4 Å². The smallest absolute Gasteiger partial charge is 0.390 e. The number of halogens is 3. The molecule has 0 saturated carbocycles. The number of rotatable bonds is 7. The molecule has 0 N–H and O–H groups in total. The number of sulfonamides is 1. The van der Waals surface area contributed by atoms with Crippen molar-refractivity contribution in [2.24, 2.45) is 0 Å². The van der Waals surface area contributed by atoms with Crippen molar-refractivity contribution in [3.8, 4) is 17.2 Å². The minimum atomic E-state index is -4.53. The Morgan fingerprint density at radius 3 is 2.23 bits per heavy atom. The van der Waals surface area contributed by atoms with E-state index in [0.717, 1.165) is 4.31 Å². The Bertz CT molecular complexity index is 740. The van der Waals surface area contributed by atoms with E-state index in [4.69, 9.17) is 14.2 Å². The van der Waals surface area contributed by atoms with Gasteiger partial charge in [0.15, 0.2) is 11.5 Å². The largest absolute Gasteiger partial charge is 0.496 e. The maximum Gasteiger partial charge on any atom is 0.390 e. The van der Waals surface area contributed by atoms with Gasteiger partial charge in [-0.2, -0.15) is 17.5 Å². The number of hydrogen-bond donors (Lipinski definition) is 0. The molecule has 1 atom stereocenters. The van der Waals surface area contributed by atoms with Crippen LogP contribution in [0.15, 0.2) is 12.1 Å². The van der Waals surface area contributed by atoms with Crippen molar-refractivity contribution >= 4 is 21.8 Å². The molecule has 2 rings (SSSR count). The molecule has 0 bridgehead atoms. The van der Waals surface area contributed by atoms with Gasteiger partial charge in [0.25, 0.3) is 0 Å². The van der Waals surface area contributed by atoms with Crippen LogP contribution in [0.4, 0.5) is 13.2 Å². The molecule has 0 amide bonds. The number of methoxy groups -OCH3 is 3. The molecule has 1 aromatic rings. The van der Waals surface area contributed by atoms with Gasteiger partial charge in [0, 0.05) is 23.9 Å². The van der Waals surface area contributed by atoms with Crippen LogP contribution in [0.2, 0.25) is 0 Å². The summed E-state index contributed by atoms with van der Waals surface area (Å²) in [5.41, 5.74) is 0.503. The summed E-state index contributed by atoms with van der Waals surface area (Å²) in [5, 5.41) is -0.692. The van der Waals surface area contributed by atoms with Gasteiger partial charge in [0.2, 0.25) is 10.0 Å². The van der Waals surface area contributed by atoms with E-state index >= 15 is 0 Å². The molecule has 148 valence electrons. The molecule has 1 aliphatic heterocycles. The normalized spacial score (nSPS) is 18.8. The molecule has 1 heterocycles. The van der Waals surface area contributed by atoms with Gasteiger partial charge in [-0.3, -0.25) is 0 Å². The summed E-state index contributed by atoms with van der Waals surface area (Å²) in [6.07, 6.45) is -5.91. The third-order valence-electron chi connectivity index (χ3n) is 3.85. The number of benzene rings is 1. The quantitative estimate of drug-likeness (QED) is 0.682. The zero-order valence-corrected chi connectivity index (χ0v) is 16.1. The summed E-state index contributed by atoms with van der Waals surface area (Å²) in [6, 6.07) is 3.15. The molecule has 0 spiro atoms. The maximum atomic E-state index is 12.5. The maximum absolute atomic E-state index is 12.5. The lowest BCUT2D eigenvalue weighted by atomic mass is 10.1. The highest BCUT2D eigenvalue weighted by molar-refractivity contribution is 8.01. The first-order chi connectivity index (χ1) is 12.1. The van der Waals surface area contributed by atoms with Crippen LogP contribution in [-0.4, -0.2) is 58.3 Å². The molecule has 6 nitrogen and oxygen atoms in total. The van der Waals surface area contributed by atoms with Crippen molar-refractivity contribution < 1.29 is 35.8 Å². The van der Waals surface area contributed by atoms with Crippen LogP contribution in [0, 0.1) is 0 Å². The average molecular weight is 415 g/mol. The summed E-state index contributed by atoms with van der Waals surface area (Å²) in [4.78, 5) is 0. The highest BCUT2D eigenvalue weighted by atomic mass is 32.2. The third kappa shape index (κ3) is 4.68. The molecule has 1 saturated heterocycles. The van der Waals surface area contributed by atoms with E-state index in [0.29, 0.717) is 28.6 Å². The molecule has 1 aromatic carbocycles. The summed E-state index contributed by atoms with van der Waals surface area (Å²) in [7, 11) is 0.229. The molecule has 11 heteroatoms. The second-order valence-electron chi connectivity index (χ2n) is 5.46. The van der Waals surface area contributed by atoms with Gasteiger partial charge < -0.3 is 14.2 Å². The van der Waals surface area contributed by atoms with E-state index in [1.165, 1.54) is 33.1 Å². The van der Waals surface area contributed by atoms with Crippen LogP contribution in [0.25, 0.3) is 0 Å². The zero-order chi connectivity index (χ0) is 19.5. The number of hydrogen-bond acceptors (Lipinski definition) is 6. The van der Waals surface area contributed by atoms with Crippen LogP contribution < -0.4 is 14.2 Å². The lowest BCUT2D eigenvalue weighted by Crippen LogP contribution is -2.34. The fraction of sp³-hybridized carbons (Fsp3) is 0.600. The molecule has 0 aliphatic carbocycles. The van der Waals surface area contributed by atoms with Crippen molar-refractivity contribution in [3.63, 3.8) is 0 Å². The highest BCUT2D eigenvalue weighted by Gasteiger charge is 2.40. The predicted octanol–water partition coefficient (Wildman–Crippen LogP) is 3.04. The van der Waals surface area contributed by atoms with Gasteiger partial charge in [0.05, 0.1) is 38.9 Å². The average Bonchev–Trinajstić information content (AvgIpc) is 3.08. The van der Waals surface area contributed by atoms with E-state index in [2.05, 4.69) is 0 Å². The second-order valence-corrected chi connectivity index (χ2v) is 8.69. The first-order valence-electron chi connectivity index (χ1n) is 7.60. The van der Waals surface area contributed by atoms with E-state index in [1.54, 1.807) is 12.1 Å². The van der Waals surface area contributed by atoms with Crippen LogP contribution in [0.5, 0.6) is 17.2 Å². The van der Waals surface area contributed by atoms with Gasteiger partial charge in [-0.1, -0.05) is 0 Å². The molecule has 1 fully saturated rings. The van der Waals surface area contributed by atoms with Crippen molar-refractivity contribution in [1.82, 2.24) is 4.31 Å².